The molecule has 0 radical (unpaired) electrons. The highest BCUT2D eigenvalue weighted by Crippen LogP contribution is 2.16. The molecule has 0 N–H and O–H groups in total. The second-order valence-corrected chi connectivity index (χ2v) is 5.04. The molecule has 0 aliphatic carbocycles. The van der Waals surface area contributed by atoms with E-state index in [0.717, 1.165) is 40.5 Å². The number of hydrogen-bond acceptors (Lipinski definition) is 3. The minimum atomic E-state index is 0.343. The van der Waals surface area contributed by atoms with Crippen molar-refractivity contribution < 1.29 is 0 Å². The van der Waals surface area contributed by atoms with Crippen molar-refractivity contribution in [2.45, 2.75) is 60.9 Å². The van der Waals surface area contributed by atoms with Gasteiger partial charge in [0.1, 0.15) is 0 Å². The Morgan fingerprint density at radius 1 is 1.21 bits per heavy atom. The highest BCUT2D eigenvalue weighted by atomic mass is 14.9. The molecule has 104 valence electrons. The van der Waals surface area contributed by atoms with Gasteiger partial charge in [-0.25, -0.2) is 9.97 Å². The zero-order chi connectivity index (χ0) is 14.6. The summed E-state index contributed by atoms with van der Waals surface area (Å²) in [6.07, 6.45) is 3.08. The largest absolute Gasteiger partial charge is 0.286 e. The van der Waals surface area contributed by atoms with Gasteiger partial charge in [-0.05, 0) is 53.5 Å². The van der Waals surface area contributed by atoms with Crippen molar-refractivity contribution in [1.82, 2.24) is 9.97 Å². The molecule has 0 spiro atoms. The van der Waals surface area contributed by atoms with Gasteiger partial charge in [0.2, 0.25) is 0 Å². The lowest BCUT2D eigenvalue weighted by Gasteiger charge is -2.12. The molecule has 1 aromatic heterocycles. The zero-order valence-corrected chi connectivity index (χ0v) is 13.2. The predicted molar refractivity (Wildman–Crippen MR) is 82.8 cm³/mol. The van der Waals surface area contributed by atoms with Gasteiger partial charge >= 0.3 is 0 Å². The lowest BCUT2D eigenvalue weighted by molar-refractivity contribution is 0.716. The summed E-state index contributed by atoms with van der Waals surface area (Å²) in [6.45, 7) is 14.4. The molecule has 0 aliphatic heterocycles. The predicted octanol–water partition coefficient (Wildman–Crippen LogP) is 4.12. The summed E-state index contributed by atoms with van der Waals surface area (Å²) in [6, 6.07) is 0.343. The molecule has 1 heterocycles. The van der Waals surface area contributed by atoms with Crippen LogP contribution < -0.4 is 0 Å². The SMILES string of the molecule is C/C=C(\C)c1nc(C)c(C(C)=NC(C)CC)c(C)n1. The second kappa shape index (κ2) is 6.60. The highest BCUT2D eigenvalue weighted by Gasteiger charge is 2.12. The smallest absolute Gasteiger partial charge is 0.154 e. The molecule has 0 bridgehead atoms. The Morgan fingerprint density at radius 2 is 1.74 bits per heavy atom. The Hall–Kier alpha value is -1.51. The lowest BCUT2D eigenvalue weighted by Crippen LogP contribution is -2.11. The maximum Gasteiger partial charge on any atom is 0.154 e. The molecule has 0 amide bonds. The van der Waals surface area contributed by atoms with E-state index < -0.39 is 0 Å². The van der Waals surface area contributed by atoms with Crippen molar-refractivity contribution in [3.05, 3.63) is 28.9 Å². The van der Waals surface area contributed by atoms with Gasteiger partial charge in [0, 0.05) is 17.3 Å². The Kier molecular flexibility index (Phi) is 5.40. The number of nitrogens with zero attached hydrogens (tertiary/aromatic N) is 3. The van der Waals surface area contributed by atoms with Crippen LogP contribution in [0.5, 0.6) is 0 Å². The molecule has 1 aromatic rings. The number of rotatable bonds is 4. The average molecular weight is 259 g/mol. The monoisotopic (exact) mass is 259 g/mol. The quantitative estimate of drug-likeness (QED) is 0.763. The van der Waals surface area contributed by atoms with Crippen LogP contribution in [0.4, 0.5) is 0 Å². The van der Waals surface area contributed by atoms with Crippen LogP contribution in [0.2, 0.25) is 0 Å². The summed E-state index contributed by atoms with van der Waals surface area (Å²) in [5.41, 5.74) is 5.25. The third-order valence-corrected chi connectivity index (χ3v) is 3.42. The van der Waals surface area contributed by atoms with E-state index in [1.807, 2.05) is 40.7 Å². The molecule has 3 heteroatoms. The van der Waals surface area contributed by atoms with Gasteiger partial charge < -0.3 is 0 Å². The van der Waals surface area contributed by atoms with E-state index in [-0.39, 0.29) is 0 Å². The van der Waals surface area contributed by atoms with Crippen LogP contribution in [0.3, 0.4) is 0 Å². The Balaban J connectivity index is 3.28. The number of aromatic nitrogens is 2. The molecule has 3 nitrogen and oxygen atoms in total. The topological polar surface area (TPSA) is 38.1 Å². The molecule has 0 saturated carbocycles. The Labute approximate surface area is 116 Å². The van der Waals surface area contributed by atoms with E-state index in [2.05, 4.69) is 23.8 Å². The van der Waals surface area contributed by atoms with Gasteiger partial charge in [-0.3, -0.25) is 4.99 Å². The number of allylic oxidation sites excluding steroid dienone is 2. The molecular weight excluding hydrogens is 234 g/mol. The zero-order valence-electron chi connectivity index (χ0n) is 13.2. The molecule has 1 rings (SSSR count). The standard InChI is InChI=1S/C16H25N3/c1-8-10(3)16-18-13(6)15(14(7)19-16)12(5)17-11(4)9-2/h8,11H,9H2,1-7H3/b10-8+,17-12?. The van der Waals surface area contributed by atoms with E-state index >= 15 is 0 Å². The van der Waals surface area contributed by atoms with E-state index in [1.165, 1.54) is 0 Å². The Bertz CT molecular complexity index is 490. The van der Waals surface area contributed by atoms with Gasteiger partial charge in [0.25, 0.3) is 0 Å². The first-order chi connectivity index (χ1) is 8.90. The molecule has 0 aromatic carbocycles. The van der Waals surface area contributed by atoms with Gasteiger partial charge in [-0.1, -0.05) is 13.0 Å². The summed E-state index contributed by atoms with van der Waals surface area (Å²) in [4.78, 5) is 13.9. The fraction of sp³-hybridized carbons (Fsp3) is 0.562. The molecule has 19 heavy (non-hydrogen) atoms. The number of hydrogen-bond donors (Lipinski definition) is 0. The van der Waals surface area contributed by atoms with Crippen LogP contribution in [0.15, 0.2) is 11.1 Å². The van der Waals surface area contributed by atoms with Crippen molar-refractivity contribution in [2.75, 3.05) is 0 Å². The van der Waals surface area contributed by atoms with Crippen LogP contribution in [0.1, 0.15) is 63.8 Å². The van der Waals surface area contributed by atoms with Crippen LogP contribution in [0.25, 0.3) is 5.57 Å². The van der Waals surface area contributed by atoms with E-state index in [9.17, 15) is 0 Å². The minimum Gasteiger partial charge on any atom is -0.286 e. The fourth-order valence-electron chi connectivity index (χ4n) is 2.03. The molecule has 0 saturated heterocycles. The molecule has 0 aliphatic rings. The summed E-state index contributed by atoms with van der Waals surface area (Å²) >= 11 is 0. The Morgan fingerprint density at radius 3 is 2.16 bits per heavy atom. The third kappa shape index (κ3) is 3.72. The van der Waals surface area contributed by atoms with Crippen molar-refractivity contribution in [2.24, 2.45) is 4.99 Å². The highest BCUT2D eigenvalue weighted by molar-refractivity contribution is 6.00. The molecular formula is C16H25N3. The second-order valence-electron chi connectivity index (χ2n) is 5.04. The van der Waals surface area contributed by atoms with Gasteiger partial charge in [0.05, 0.1) is 11.4 Å². The maximum atomic E-state index is 4.70. The summed E-state index contributed by atoms with van der Waals surface area (Å²) in [5, 5.41) is 0. The molecule has 0 fully saturated rings. The molecule has 1 atom stereocenters. The van der Waals surface area contributed by atoms with Gasteiger partial charge in [-0.15, -0.1) is 0 Å². The normalized spacial score (nSPS) is 14.7. The fourth-order valence-corrected chi connectivity index (χ4v) is 2.03. The van der Waals surface area contributed by atoms with Crippen molar-refractivity contribution in [3.63, 3.8) is 0 Å². The van der Waals surface area contributed by atoms with Crippen LogP contribution in [-0.2, 0) is 0 Å². The maximum absolute atomic E-state index is 4.70. The summed E-state index contributed by atoms with van der Waals surface area (Å²) in [7, 11) is 0. The number of aliphatic imine (C=N–C) groups is 1. The van der Waals surface area contributed by atoms with Crippen LogP contribution >= 0.6 is 0 Å². The summed E-state index contributed by atoms with van der Waals surface area (Å²) < 4.78 is 0. The van der Waals surface area contributed by atoms with E-state index in [4.69, 9.17) is 4.99 Å². The lowest BCUT2D eigenvalue weighted by atomic mass is 10.1. The minimum absolute atomic E-state index is 0.343. The van der Waals surface area contributed by atoms with E-state index in [0.29, 0.717) is 6.04 Å². The summed E-state index contributed by atoms with van der Waals surface area (Å²) in [5.74, 6) is 0.817. The van der Waals surface area contributed by atoms with Crippen molar-refractivity contribution in [1.29, 1.82) is 0 Å². The first-order valence-electron chi connectivity index (χ1n) is 6.93. The van der Waals surface area contributed by atoms with Crippen LogP contribution in [0, 0.1) is 13.8 Å². The van der Waals surface area contributed by atoms with Crippen molar-refractivity contribution >= 4 is 11.3 Å². The van der Waals surface area contributed by atoms with Crippen LogP contribution in [-0.4, -0.2) is 21.7 Å². The van der Waals surface area contributed by atoms with Crippen molar-refractivity contribution in [3.8, 4) is 0 Å². The molecule has 1 unspecified atom stereocenters. The first kappa shape index (κ1) is 15.5. The average Bonchev–Trinajstić information content (AvgIpc) is 2.36. The van der Waals surface area contributed by atoms with Gasteiger partial charge in [-0.2, -0.15) is 0 Å². The van der Waals surface area contributed by atoms with E-state index in [1.54, 1.807) is 0 Å². The third-order valence-electron chi connectivity index (χ3n) is 3.42. The van der Waals surface area contributed by atoms with Gasteiger partial charge in [0.15, 0.2) is 5.82 Å². The number of aryl methyl sites for hydroxylation is 2. The first-order valence-corrected chi connectivity index (χ1v) is 6.93.